The Bertz CT molecular complexity index is 695. The molecule has 0 amide bonds. The predicted molar refractivity (Wildman–Crippen MR) is 72.5 cm³/mol. The molecule has 9 heteroatoms. The van der Waals surface area contributed by atoms with E-state index in [4.69, 9.17) is 5.73 Å². The zero-order chi connectivity index (χ0) is 13.6. The molecule has 0 radical (unpaired) electrons. The summed E-state index contributed by atoms with van der Waals surface area (Å²) in [5.41, 5.74) is 6.54. The number of nitrogens with zero attached hydrogens (tertiary/aromatic N) is 3. The summed E-state index contributed by atoms with van der Waals surface area (Å²) in [6, 6.07) is 0. The maximum Gasteiger partial charge on any atom is 0.283 e. The highest BCUT2D eigenvalue weighted by Gasteiger charge is 2.28. The fraction of sp³-hybridized carbons (Fsp3) is 0.400. The van der Waals surface area contributed by atoms with Gasteiger partial charge in [0.25, 0.3) is 10.0 Å². The molecular formula is C10H13N5O2S2. The second-order valence-corrected chi connectivity index (χ2v) is 6.96. The molecule has 0 unspecified atom stereocenters. The normalized spacial score (nSPS) is 15.6. The Balaban J connectivity index is 1.88. The lowest BCUT2D eigenvalue weighted by Gasteiger charge is -2.06. The molecule has 0 bridgehead atoms. The third-order valence-electron chi connectivity index (χ3n) is 2.90. The van der Waals surface area contributed by atoms with E-state index < -0.39 is 10.0 Å². The van der Waals surface area contributed by atoms with Gasteiger partial charge in [-0.2, -0.15) is 8.42 Å². The van der Waals surface area contributed by atoms with Gasteiger partial charge in [0.05, 0.1) is 12.0 Å². The number of nitrogen functional groups attached to an aromatic ring is 1. The smallest absolute Gasteiger partial charge is 0.283 e. The van der Waals surface area contributed by atoms with E-state index in [0.717, 1.165) is 18.5 Å². The van der Waals surface area contributed by atoms with Crippen LogP contribution in [0.15, 0.2) is 16.7 Å². The SMILES string of the molecule is Cn1cnc(N)c1S(=O)(=O)Nc1nc(C2CC2)cs1. The van der Waals surface area contributed by atoms with Crippen LogP contribution in [0.25, 0.3) is 0 Å². The van der Waals surface area contributed by atoms with Crippen LogP contribution in [0.4, 0.5) is 10.9 Å². The van der Waals surface area contributed by atoms with E-state index in [2.05, 4.69) is 14.7 Å². The van der Waals surface area contributed by atoms with E-state index in [9.17, 15) is 8.42 Å². The number of sulfonamides is 1. The van der Waals surface area contributed by atoms with Crippen molar-refractivity contribution in [1.82, 2.24) is 14.5 Å². The molecule has 2 aromatic heterocycles. The van der Waals surface area contributed by atoms with Gasteiger partial charge in [0, 0.05) is 18.3 Å². The van der Waals surface area contributed by atoms with Crippen LogP contribution >= 0.6 is 11.3 Å². The first kappa shape index (κ1) is 12.4. The highest BCUT2D eigenvalue weighted by atomic mass is 32.2. The molecule has 2 aromatic rings. The van der Waals surface area contributed by atoms with Gasteiger partial charge in [-0.15, -0.1) is 11.3 Å². The number of thiazole rings is 1. The van der Waals surface area contributed by atoms with Crippen LogP contribution in [0.5, 0.6) is 0 Å². The van der Waals surface area contributed by atoms with Crippen LogP contribution in [0.2, 0.25) is 0 Å². The summed E-state index contributed by atoms with van der Waals surface area (Å²) in [6.07, 6.45) is 3.62. The largest absolute Gasteiger partial charge is 0.381 e. The van der Waals surface area contributed by atoms with Crippen molar-refractivity contribution in [1.29, 1.82) is 0 Å². The van der Waals surface area contributed by atoms with Crippen LogP contribution in [-0.2, 0) is 17.1 Å². The van der Waals surface area contributed by atoms with E-state index >= 15 is 0 Å². The number of nitrogens with one attached hydrogen (secondary N) is 1. The quantitative estimate of drug-likeness (QED) is 0.881. The van der Waals surface area contributed by atoms with Gasteiger partial charge in [-0.25, -0.2) is 9.97 Å². The molecule has 0 saturated heterocycles. The first-order valence-corrected chi connectivity index (χ1v) is 8.08. The van der Waals surface area contributed by atoms with Gasteiger partial charge >= 0.3 is 0 Å². The molecule has 3 rings (SSSR count). The van der Waals surface area contributed by atoms with Crippen molar-refractivity contribution in [2.24, 2.45) is 7.05 Å². The number of hydrogen-bond donors (Lipinski definition) is 2. The summed E-state index contributed by atoms with van der Waals surface area (Å²) in [6.45, 7) is 0. The van der Waals surface area contributed by atoms with Crippen LogP contribution in [0, 0.1) is 0 Å². The van der Waals surface area contributed by atoms with Crippen molar-refractivity contribution in [3.05, 3.63) is 17.4 Å². The molecule has 0 aromatic carbocycles. The third-order valence-corrected chi connectivity index (χ3v) is 5.28. The molecule has 1 fully saturated rings. The van der Waals surface area contributed by atoms with Gasteiger partial charge in [-0.05, 0) is 12.8 Å². The molecule has 7 nitrogen and oxygen atoms in total. The Morgan fingerprint density at radius 3 is 2.84 bits per heavy atom. The average Bonchev–Trinajstić information content (AvgIpc) is 2.98. The minimum absolute atomic E-state index is 0.0195. The molecule has 0 spiro atoms. The van der Waals surface area contributed by atoms with Crippen molar-refractivity contribution >= 4 is 32.3 Å². The standard InChI is InChI=1S/C10H13N5O2S2/c1-15-5-12-8(11)9(15)19(16,17)14-10-13-7(4-18-10)6-2-3-6/h4-6H,2-3,11H2,1H3,(H,13,14). The van der Waals surface area contributed by atoms with E-state index in [0.29, 0.717) is 11.0 Å². The van der Waals surface area contributed by atoms with Gasteiger partial charge in [0.1, 0.15) is 0 Å². The number of hydrogen-bond acceptors (Lipinski definition) is 6. The summed E-state index contributed by atoms with van der Waals surface area (Å²) in [4.78, 5) is 8.06. The number of nitrogens with two attached hydrogens (primary N) is 1. The number of imidazole rings is 1. The Morgan fingerprint density at radius 1 is 1.53 bits per heavy atom. The Kier molecular flexibility index (Phi) is 2.75. The fourth-order valence-electron chi connectivity index (χ4n) is 1.83. The molecule has 1 saturated carbocycles. The lowest BCUT2D eigenvalue weighted by atomic mass is 10.3. The summed E-state index contributed by atoms with van der Waals surface area (Å²) in [5.74, 6) is 0.477. The van der Waals surface area contributed by atoms with Crippen molar-refractivity contribution in [3.8, 4) is 0 Å². The van der Waals surface area contributed by atoms with Crippen molar-refractivity contribution in [2.75, 3.05) is 10.5 Å². The van der Waals surface area contributed by atoms with Gasteiger partial charge in [0.15, 0.2) is 16.0 Å². The monoisotopic (exact) mass is 299 g/mol. The number of aromatic nitrogens is 3. The molecule has 2 heterocycles. The minimum atomic E-state index is -3.75. The molecule has 1 aliphatic rings. The lowest BCUT2D eigenvalue weighted by Crippen LogP contribution is -2.17. The fourth-order valence-corrected chi connectivity index (χ4v) is 4.11. The number of rotatable bonds is 4. The summed E-state index contributed by atoms with van der Waals surface area (Å²) in [7, 11) is -2.17. The Hall–Kier alpha value is -1.61. The van der Waals surface area contributed by atoms with Crippen LogP contribution in [-0.4, -0.2) is 23.0 Å². The van der Waals surface area contributed by atoms with E-state index in [1.54, 1.807) is 7.05 Å². The van der Waals surface area contributed by atoms with Crippen molar-refractivity contribution < 1.29 is 8.42 Å². The van der Waals surface area contributed by atoms with Crippen LogP contribution in [0.3, 0.4) is 0 Å². The Morgan fingerprint density at radius 2 is 2.26 bits per heavy atom. The molecule has 0 atom stereocenters. The lowest BCUT2D eigenvalue weighted by molar-refractivity contribution is 0.592. The van der Waals surface area contributed by atoms with E-state index in [1.165, 1.54) is 22.2 Å². The number of anilines is 2. The van der Waals surface area contributed by atoms with Gasteiger partial charge < -0.3 is 10.3 Å². The minimum Gasteiger partial charge on any atom is -0.381 e. The maximum atomic E-state index is 12.2. The third kappa shape index (κ3) is 2.30. The average molecular weight is 299 g/mol. The second kappa shape index (κ2) is 4.20. The zero-order valence-corrected chi connectivity index (χ0v) is 11.8. The molecule has 3 N–H and O–H groups in total. The van der Waals surface area contributed by atoms with E-state index in [-0.39, 0.29) is 10.8 Å². The topological polar surface area (TPSA) is 103 Å². The van der Waals surface area contributed by atoms with Crippen molar-refractivity contribution in [3.63, 3.8) is 0 Å². The highest BCUT2D eigenvalue weighted by Crippen LogP contribution is 2.41. The first-order valence-electron chi connectivity index (χ1n) is 5.72. The number of aryl methyl sites for hydroxylation is 1. The summed E-state index contributed by atoms with van der Waals surface area (Å²) in [5, 5.41) is 2.21. The Labute approximate surface area is 114 Å². The molecule has 0 aliphatic heterocycles. The van der Waals surface area contributed by atoms with Crippen LogP contribution in [0.1, 0.15) is 24.5 Å². The van der Waals surface area contributed by atoms with Crippen LogP contribution < -0.4 is 10.5 Å². The molecule has 19 heavy (non-hydrogen) atoms. The summed E-state index contributed by atoms with van der Waals surface area (Å²) < 4.78 is 28.2. The maximum absolute atomic E-state index is 12.2. The first-order chi connectivity index (χ1) is 8.97. The predicted octanol–water partition coefficient (Wildman–Crippen LogP) is 1.14. The summed E-state index contributed by atoms with van der Waals surface area (Å²) >= 11 is 1.28. The molecular weight excluding hydrogens is 286 g/mol. The van der Waals surface area contributed by atoms with Crippen molar-refractivity contribution in [2.45, 2.75) is 23.8 Å². The zero-order valence-electron chi connectivity index (χ0n) is 10.2. The van der Waals surface area contributed by atoms with Gasteiger partial charge in [-0.3, -0.25) is 4.72 Å². The van der Waals surface area contributed by atoms with Gasteiger partial charge in [-0.1, -0.05) is 0 Å². The van der Waals surface area contributed by atoms with Gasteiger partial charge in [0.2, 0.25) is 0 Å². The second-order valence-electron chi connectivity index (χ2n) is 4.50. The molecule has 1 aliphatic carbocycles. The van der Waals surface area contributed by atoms with E-state index in [1.807, 2.05) is 5.38 Å². The molecule has 102 valence electrons. The highest BCUT2D eigenvalue weighted by molar-refractivity contribution is 7.93.